The number of hydrogen-bond donors (Lipinski definition) is 1. The van der Waals surface area contributed by atoms with E-state index < -0.39 is 17.8 Å². The monoisotopic (exact) mass is 261 g/mol. The molecule has 1 aromatic heterocycles. The Kier molecular flexibility index (Phi) is 3.51. The summed E-state index contributed by atoms with van der Waals surface area (Å²) in [4.78, 5) is 25.9. The van der Waals surface area contributed by atoms with E-state index in [1.165, 1.54) is 24.3 Å². The minimum atomic E-state index is -1.18. The smallest absolute Gasteiger partial charge is 0.354 e. The number of nitrogens with zero attached hydrogens (tertiary/aromatic N) is 1. The summed E-state index contributed by atoms with van der Waals surface area (Å²) in [5.74, 6) is -2.13. The molecule has 6 heteroatoms. The molecule has 0 radical (unpaired) electrons. The van der Waals surface area contributed by atoms with Gasteiger partial charge in [-0.05, 0) is 36.4 Å². The van der Waals surface area contributed by atoms with Gasteiger partial charge in [0.25, 0.3) is 0 Å². The summed E-state index contributed by atoms with van der Waals surface area (Å²) in [5.41, 5.74) is -0.0624. The highest BCUT2D eigenvalue weighted by molar-refractivity contribution is 5.92. The number of benzene rings is 1. The first kappa shape index (κ1) is 12.7. The number of aromatic carboxylic acids is 1. The summed E-state index contributed by atoms with van der Waals surface area (Å²) in [6.45, 7) is 0. The van der Waals surface area contributed by atoms with Crippen molar-refractivity contribution < 1.29 is 23.8 Å². The lowest BCUT2D eigenvalue weighted by Crippen LogP contribution is -2.10. The Hall–Kier alpha value is -2.76. The Morgan fingerprint density at radius 2 is 1.79 bits per heavy atom. The van der Waals surface area contributed by atoms with Crippen molar-refractivity contribution in [1.82, 2.24) is 4.98 Å². The molecule has 2 rings (SSSR count). The van der Waals surface area contributed by atoms with Gasteiger partial charge in [0.2, 0.25) is 0 Å². The van der Waals surface area contributed by atoms with Gasteiger partial charge in [0.15, 0.2) is 0 Å². The molecule has 0 saturated heterocycles. The van der Waals surface area contributed by atoms with Crippen LogP contribution in [0.2, 0.25) is 0 Å². The molecular weight excluding hydrogens is 253 g/mol. The van der Waals surface area contributed by atoms with Gasteiger partial charge in [-0.3, -0.25) is 0 Å². The van der Waals surface area contributed by atoms with Crippen molar-refractivity contribution in [2.45, 2.75) is 0 Å². The Bertz CT molecular complexity index is 608. The predicted octanol–water partition coefficient (Wildman–Crippen LogP) is 2.14. The number of carbonyl (C=O) groups is 2. The second-order valence-electron chi connectivity index (χ2n) is 3.58. The van der Waals surface area contributed by atoms with Crippen LogP contribution in [0.25, 0.3) is 0 Å². The minimum absolute atomic E-state index is 0.106. The molecule has 96 valence electrons. The topological polar surface area (TPSA) is 76.5 Å². The van der Waals surface area contributed by atoms with E-state index in [9.17, 15) is 14.0 Å². The minimum Gasteiger partial charge on any atom is -0.477 e. The van der Waals surface area contributed by atoms with Gasteiger partial charge in [-0.15, -0.1) is 0 Å². The molecule has 5 nitrogen and oxygen atoms in total. The molecule has 0 aliphatic heterocycles. The number of rotatable bonds is 3. The van der Waals surface area contributed by atoms with Crippen molar-refractivity contribution in [1.29, 1.82) is 0 Å². The highest BCUT2D eigenvalue weighted by Gasteiger charge is 2.11. The fraction of sp³-hybridized carbons (Fsp3) is 0. The molecule has 1 N–H and O–H groups in total. The average molecular weight is 261 g/mol. The van der Waals surface area contributed by atoms with Crippen molar-refractivity contribution >= 4 is 11.9 Å². The van der Waals surface area contributed by atoms with E-state index in [0.717, 1.165) is 18.3 Å². The molecule has 19 heavy (non-hydrogen) atoms. The van der Waals surface area contributed by atoms with Crippen LogP contribution in [-0.4, -0.2) is 22.0 Å². The maximum absolute atomic E-state index is 12.7. The van der Waals surface area contributed by atoms with Crippen LogP contribution >= 0.6 is 0 Å². The third kappa shape index (κ3) is 3.12. The molecule has 0 atom stereocenters. The third-order valence-electron chi connectivity index (χ3n) is 2.24. The van der Waals surface area contributed by atoms with Gasteiger partial charge in [-0.2, -0.15) is 0 Å². The van der Waals surface area contributed by atoms with Crippen LogP contribution in [0.1, 0.15) is 20.8 Å². The third-order valence-corrected chi connectivity index (χ3v) is 2.24. The lowest BCUT2D eigenvalue weighted by molar-refractivity contribution is 0.0685. The molecule has 0 saturated carbocycles. The van der Waals surface area contributed by atoms with E-state index in [-0.39, 0.29) is 17.0 Å². The normalized spacial score (nSPS) is 9.95. The van der Waals surface area contributed by atoms with Crippen LogP contribution in [0.15, 0.2) is 42.6 Å². The van der Waals surface area contributed by atoms with Crippen LogP contribution in [0.4, 0.5) is 4.39 Å². The second-order valence-corrected chi connectivity index (χ2v) is 3.58. The zero-order valence-corrected chi connectivity index (χ0v) is 9.54. The molecule has 0 bridgehead atoms. The number of esters is 1. The summed E-state index contributed by atoms with van der Waals surface area (Å²) in [6.07, 6.45) is 1.11. The lowest BCUT2D eigenvalue weighted by atomic mass is 10.2. The van der Waals surface area contributed by atoms with Gasteiger partial charge >= 0.3 is 11.9 Å². The summed E-state index contributed by atoms with van der Waals surface area (Å²) >= 11 is 0. The average Bonchev–Trinajstić information content (AvgIpc) is 2.41. The number of carboxylic acid groups (broad SMARTS) is 1. The van der Waals surface area contributed by atoms with E-state index in [1.807, 2.05) is 0 Å². The van der Waals surface area contributed by atoms with Crippen molar-refractivity contribution in [3.05, 3.63) is 59.7 Å². The largest absolute Gasteiger partial charge is 0.477 e. The molecule has 0 aliphatic rings. The Morgan fingerprint density at radius 1 is 1.11 bits per heavy atom. The Balaban J connectivity index is 2.11. The number of carbonyl (C=O) groups excluding carboxylic acids is 1. The van der Waals surface area contributed by atoms with Crippen LogP contribution in [-0.2, 0) is 0 Å². The molecule has 1 heterocycles. The first-order valence-electron chi connectivity index (χ1n) is 5.23. The van der Waals surface area contributed by atoms with Crippen LogP contribution in [0.5, 0.6) is 5.75 Å². The fourth-order valence-corrected chi connectivity index (χ4v) is 1.31. The lowest BCUT2D eigenvalue weighted by Gasteiger charge is -2.03. The van der Waals surface area contributed by atoms with E-state index in [2.05, 4.69) is 4.98 Å². The number of ether oxygens (including phenoxy) is 1. The maximum atomic E-state index is 12.7. The van der Waals surface area contributed by atoms with Crippen LogP contribution in [0, 0.1) is 5.82 Å². The molecule has 0 spiro atoms. The standard InChI is InChI=1S/C13H8FNO4/c14-9-2-4-10(5-3-9)19-13(18)8-1-6-11(12(16)17)15-7-8/h1-7H,(H,16,17). The Morgan fingerprint density at radius 3 is 2.32 bits per heavy atom. The van der Waals surface area contributed by atoms with Crippen molar-refractivity contribution in [2.24, 2.45) is 0 Å². The van der Waals surface area contributed by atoms with Crippen LogP contribution < -0.4 is 4.74 Å². The zero-order chi connectivity index (χ0) is 13.8. The van der Waals surface area contributed by atoms with E-state index >= 15 is 0 Å². The summed E-state index contributed by atoms with van der Waals surface area (Å²) in [7, 11) is 0. The second kappa shape index (κ2) is 5.26. The number of hydrogen-bond acceptors (Lipinski definition) is 4. The number of carboxylic acids is 1. The van der Waals surface area contributed by atoms with Gasteiger partial charge in [0, 0.05) is 6.20 Å². The van der Waals surface area contributed by atoms with Gasteiger partial charge < -0.3 is 9.84 Å². The fourth-order valence-electron chi connectivity index (χ4n) is 1.31. The molecule has 1 aromatic carbocycles. The molecule has 0 amide bonds. The van der Waals surface area contributed by atoms with Gasteiger partial charge in [0.1, 0.15) is 17.3 Å². The van der Waals surface area contributed by atoms with E-state index in [4.69, 9.17) is 9.84 Å². The Labute approximate surface area is 107 Å². The highest BCUT2D eigenvalue weighted by atomic mass is 19.1. The summed E-state index contributed by atoms with van der Waals surface area (Å²) in [5, 5.41) is 8.66. The molecule has 2 aromatic rings. The van der Waals surface area contributed by atoms with E-state index in [1.54, 1.807) is 0 Å². The van der Waals surface area contributed by atoms with Crippen molar-refractivity contribution in [3.63, 3.8) is 0 Å². The summed E-state index contributed by atoms with van der Waals surface area (Å²) in [6, 6.07) is 7.44. The maximum Gasteiger partial charge on any atom is 0.354 e. The van der Waals surface area contributed by atoms with Gasteiger partial charge in [-0.25, -0.2) is 19.0 Å². The quantitative estimate of drug-likeness (QED) is 0.676. The number of pyridine rings is 1. The first-order valence-corrected chi connectivity index (χ1v) is 5.23. The number of halogens is 1. The highest BCUT2D eigenvalue weighted by Crippen LogP contribution is 2.13. The first-order chi connectivity index (χ1) is 9.06. The van der Waals surface area contributed by atoms with Crippen molar-refractivity contribution in [2.75, 3.05) is 0 Å². The van der Waals surface area contributed by atoms with E-state index in [0.29, 0.717) is 0 Å². The number of aromatic nitrogens is 1. The molecular formula is C13H8FNO4. The molecule has 0 unspecified atom stereocenters. The zero-order valence-electron chi connectivity index (χ0n) is 9.54. The predicted molar refractivity (Wildman–Crippen MR) is 62.6 cm³/mol. The SMILES string of the molecule is O=C(Oc1ccc(F)cc1)c1ccc(C(=O)O)nc1. The summed E-state index contributed by atoms with van der Waals surface area (Å²) < 4.78 is 17.6. The van der Waals surface area contributed by atoms with Gasteiger partial charge in [0.05, 0.1) is 5.56 Å². The molecule has 0 aliphatic carbocycles. The van der Waals surface area contributed by atoms with Gasteiger partial charge in [-0.1, -0.05) is 0 Å². The molecule has 0 fully saturated rings. The van der Waals surface area contributed by atoms with Crippen molar-refractivity contribution in [3.8, 4) is 5.75 Å². The van der Waals surface area contributed by atoms with Crippen LogP contribution in [0.3, 0.4) is 0 Å².